The number of ether oxygens (including phenoxy) is 2. The van der Waals surface area contributed by atoms with Gasteiger partial charge >= 0.3 is 0 Å². The molecule has 0 aliphatic heterocycles. The van der Waals surface area contributed by atoms with Crippen molar-refractivity contribution in [2.24, 2.45) is 41.4 Å². The third-order valence-corrected chi connectivity index (χ3v) is 7.18. The lowest BCUT2D eigenvalue weighted by molar-refractivity contribution is -0.154. The van der Waals surface area contributed by atoms with Gasteiger partial charge in [-0.15, -0.1) is 0 Å². The second kappa shape index (κ2) is 5.53. The highest BCUT2D eigenvalue weighted by Gasteiger charge is 2.61. The molecule has 0 aromatic carbocycles. The Morgan fingerprint density at radius 2 is 1.67 bits per heavy atom. The van der Waals surface area contributed by atoms with Crippen LogP contribution >= 0.6 is 0 Å². The molecule has 0 N–H and O–H groups in total. The highest BCUT2D eigenvalue weighted by molar-refractivity contribution is 5.10. The molecule has 2 nitrogen and oxygen atoms in total. The number of rotatable bonds is 6. The summed E-state index contributed by atoms with van der Waals surface area (Å²) in [6.07, 6.45) is 9.27. The van der Waals surface area contributed by atoms with Gasteiger partial charge in [0.1, 0.15) is 0 Å². The zero-order chi connectivity index (χ0) is 14.6. The predicted octanol–water partition coefficient (Wildman–Crippen LogP) is 4.48. The molecule has 2 heteroatoms. The molecular formula is C19H32O2. The fourth-order valence-electron chi connectivity index (χ4n) is 6.84. The van der Waals surface area contributed by atoms with Crippen molar-refractivity contribution in [1.82, 2.24) is 0 Å². The maximum atomic E-state index is 5.87. The van der Waals surface area contributed by atoms with E-state index >= 15 is 0 Å². The van der Waals surface area contributed by atoms with Crippen LogP contribution in [-0.4, -0.2) is 19.0 Å². The average Bonchev–Trinajstić information content (AvgIpc) is 3.16. The molecule has 4 bridgehead atoms. The molecular weight excluding hydrogens is 260 g/mol. The molecule has 4 rings (SSSR count). The molecule has 0 heterocycles. The van der Waals surface area contributed by atoms with Crippen LogP contribution in [0.1, 0.15) is 59.3 Å². The predicted molar refractivity (Wildman–Crippen MR) is 83.8 cm³/mol. The standard InChI is InChI=1S/C19H32O2/c1-11(2)21-12(3)20-7-6-13-8-16-10-17(13)19-15-5-4-14(9-15)18(16)19/h11-19H,4-10H2,1-3H3. The van der Waals surface area contributed by atoms with Gasteiger partial charge in [-0.1, -0.05) is 0 Å². The van der Waals surface area contributed by atoms with Crippen LogP contribution in [0.3, 0.4) is 0 Å². The van der Waals surface area contributed by atoms with E-state index in [1.807, 2.05) is 6.92 Å². The molecule has 4 aliphatic carbocycles. The zero-order valence-electron chi connectivity index (χ0n) is 14.0. The summed E-state index contributed by atoms with van der Waals surface area (Å²) in [5.74, 6) is 7.62. The van der Waals surface area contributed by atoms with Crippen molar-refractivity contribution in [3.8, 4) is 0 Å². The molecule has 8 unspecified atom stereocenters. The Bertz CT molecular complexity index is 380. The molecule has 4 fully saturated rings. The monoisotopic (exact) mass is 292 g/mol. The van der Waals surface area contributed by atoms with Gasteiger partial charge in [-0.05, 0) is 101 Å². The van der Waals surface area contributed by atoms with Gasteiger partial charge in [0.2, 0.25) is 0 Å². The summed E-state index contributed by atoms with van der Waals surface area (Å²) in [5, 5.41) is 0. The molecule has 120 valence electrons. The second-order valence-electron chi connectivity index (χ2n) is 8.56. The third kappa shape index (κ3) is 2.47. The van der Waals surface area contributed by atoms with Crippen LogP contribution < -0.4 is 0 Å². The fourth-order valence-corrected chi connectivity index (χ4v) is 6.84. The highest BCUT2D eigenvalue weighted by atomic mass is 16.7. The van der Waals surface area contributed by atoms with Crippen molar-refractivity contribution in [3.05, 3.63) is 0 Å². The van der Waals surface area contributed by atoms with Gasteiger partial charge < -0.3 is 9.47 Å². The van der Waals surface area contributed by atoms with Crippen molar-refractivity contribution in [2.75, 3.05) is 6.61 Å². The van der Waals surface area contributed by atoms with E-state index in [0.29, 0.717) is 0 Å². The van der Waals surface area contributed by atoms with Crippen LogP contribution in [-0.2, 0) is 9.47 Å². The Morgan fingerprint density at radius 3 is 2.43 bits per heavy atom. The van der Waals surface area contributed by atoms with E-state index in [1.54, 1.807) is 25.7 Å². The number of fused-ring (bicyclic) bond motifs is 9. The Kier molecular flexibility index (Phi) is 3.82. The van der Waals surface area contributed by atoms with E-state index in [4.69, 9.17) is 9.47 Å². The van der Waals surface area contributed by atoms with Crippen LogP contribution in [0.25, 0.3) is 0 Å². The summed E-state index contributed by atoms with van der Waals surface area (Å²) < 4.78 is 11.5. The molecule has 0 aromatic rings. The first-order chi connectivity index (χ1) is 10.1. The normalized spacial score (nSPS) is 48.3. The summed E-state index contributed by atoms with van der Waals surface area (Å²) in [6.45, 7) is 7.08. The van der Waals surface area contributed by atoms with E-state index < -0.39 is 0 Å². The summed E-state index contributed by atoms with van der Waals surface area (Å²) in [4.78, 5) is 0. The Labute approximate surface area is 130 Å². The summed E-state index contributed by atoms with van der Waals surface area (Å²) in [5.41, 5.74) is 0. The lowest BCUT2D eigenvalue weighted by atomic mass is 9.67. The lowest BCUT2D eigenvalue weighted by Gasteiger charge is -2.38. The summed E-state index contributed by atoms with van der Waals surface area (Å²) >= 11 is 0. The van der Waals surface area contributed by atoms with Gasteiger partial charge in [0.05, 0.1) is 6.10 Å². The van der Waals surface area contributed by atoms with Gasteiger partial charge in [0.25, 0.3) is 0 Å². The van der Waals surface area contributed by atoms with E-state index in [9.17, 15) is 0 Å². The van der Waals surface area contributed by atoms with E-state index in [1.165, 1.54) is 12.8 Å². The Hall–Kier alpha value is -0.0800. The minimum Gasteiger partial charge on any atom is -0.353 e. The first-order valence-corrected chi connectivity index (χ1v) is 9.40. The molecule has 4 aliphatic rings. The topological polar surface area (TPSA) is 18.5 Å². The van der Waals surface area contributed by atoms with E-state index in [-0.39, 0.29) is 12.4 Å². The van der Waals surface area contributed by atoms with Crippen molar-refractivity contribution >= 4 is 0 Å². The quantitative estimate of drug-likeness (QED) is 0.531. The summed E-state index contributed by atoms with van der Waals surface area (Å²) in [7, 11) is 0. The van der Waals surface area contributed by atoms with Crippen molar-refractivity contribution in [3.63, 3.8) is 0 Å². The van der Waals surface area contributed by atoms with Crippen molar-refractivity contribution < 1.29 is 9.47 Å². The van der Waals surface area contributed by atoms with Gasteiger partial charge in [-0.3, -0.25) is 0 Å². The maximum absolute atomic E-state index is 5.87. The lowest BCUT2D eigenvalue weighted by Crippen LogP contribution is -2.33. The van der Waals surface area contributed by atoms with Gasteiger partial charge in [0, 0.05) is 6.61 Å². The molecule has 21 heavy (non-hydrogen) atoms. The van der Waals surface area contributed by atoms with Gasteiger partial charge in [-0.25, -0.2) is 0 Å². The van der Waals surface area contributed by atoms with E-state index in [2.05, 4.69) is 13.8 Å². The number of hydrogen-bond acceptors (Lipinski definition) is 2. The molecule has 0 amide bonds. The molecule has 0 aromatic heterocycles. The first kappa shape index (κ1) is 14.5. The largest absolute Gasteiger partial charge is 0.353 e. The fraction of sp³-hybridized carbons (Fsp3) is 1.00. The molecule has 0 radical (unpaired) electrons. The van der Waals surface area contributed by atoms with Crippen molar-refractivity contribution in [1.29, 1.82) is 0 Å². The van der Waals surface area contributed by atoms with Crippen LogP contribution in [0.2, 0.25) is 0 Å². The van der Waals surface area contributed by atoms with Crippen molar-refractivity contribution in [2.45, 2.75) is 71.7 Å². The average molecular weight is 292 g/mol. The molecule has 8 atom stereocenters. The Balaban J connectivity index is 1.27. The maximum Gasteiger partial charge on any atom is 0.155 e. The number of hydrogen-bond donors (Lipinski definition) is 0. The second-order valence-corrected chi connectivity index (χ2v) is 8.56. The Morgan fingerprint density at radius 1 is 0.905 bits per heavy atom. The smallest absolute Gasteiger partial charge is 0.155 e. The molecule has 4 saturated carbocycles. The van der Waals surface area contributed by atoms with Crippen LogP contribution in [0.15, 0.2) is 0 Å². The molecule has 0 spiro atoms. The van der Waals surface area contributed by atoms with Crippen LogP contribution in [0, 0.1) is 41.4 Å². The SMILES string of the molecule is CC(C)OC(C)OCCC1CC2CC1C1C3CCC(C3)C21. The van der Waals surface area contributed by atoms with Crippen LogP contribution in [0.5, 0.6) is 0 Å². The third-order valence-electron chi connectivity index (χ3n) is 7.18. The van der Waals surface area contributed by atoms with Gasteiger partial charge in [0.15, 0.2) is 6.29 Å². The molecule has 0 saturated heterocycles. The first-order valence-electron chi connectivity index (χ1n) is 9.40. The minimum absolute atomic E-state index is 0.0427. The van der Waals surface area contributed by atoms with Crippen LogP contribution in [0.4, 0.5) is 0 Å². The summed E-state index contributed by atoms with van der Waals surface area (Å²) in [6, 6.07) is 0. The minimum atomic E-state index is -0.0427. The zero-order valence-corrected chi connectivity index (χ0v) is 14.0. The highest BCUT2D eigenvalue weighted by Crippen LogP contribution is 2.69. The van der Waals surface area contributed by atoms with Gasteiger partial charge in [-0.2, -0.15) is 0 Å². The van der Waals surface area contributed by atoms with E-state index in [0.717, 1.165) is 48.0 Å².